The van der Waals surface area contributed by atoms with Crippen LogP contribution in [-0.2, 0) is 13.0 Å². The van der Waals surface area contributed by atoms with Gasteiger partial charge in [0, 0.05) is 37.0 Å². The molecule has 1 N–H and O–H groups in total. The van der Waals surface area contributed by atoms with Crippen LogP contribution in [0.1, 0.15) is 22.5 Å². The maximum atomic E-state index is 13.5. The van der Waals surface area contributed by atoms with Crippen molar-refractivity contribution in [2.75, 3.05) is 0 Å². The first-order valence-electron chi connectivity index (χ1n) is 6.38. The molecule has 1 aromatic carbocycles. The number of nitrogens with one attached hydrogen (secondary N) is 1. The highest BCUT2D eigenvalue weighted by Gasteiger charge is 2.22. The largest absolute Gasteiger partial charge is 0.349 e. The van der Waals surface area contributed by atoms with Crippen molar-refractivity contribution in [1.29, 1.82) is 0 Å². The van der Waals surface area contributed by atoms with Crippen molar-refractivity contribution in [3.8, 4) is 0 Å². The molecule has 1 unspecified atom stereocenters. The van der Waals surface area contributed by atoms with Gasteiger partial charge in [0.15, 0.2) is 0 Å². The third-order valence-corrected chi connectivity index (χ3v) is 3.48. The van der Waals surface area contributed by atoms with Gasteiger partial charge in [-0.25, -0.2) is 13.8 Å². The van der Waals surface area contributed by atoms with Crippen LogP contribution in [0.4, 0.5) is 8.78 Å². The number of aryl methyl sites for hydroxylation is 1. The van der Waals surface area contributed by atoms with Gasteiger partial charge in [-0.3, -0.25) is 4.79 Å². The lowest BCUT2D eigenvalue weighted by Crippen LogP contribution is -2.40. The van der Waals surface area contributed by atoms with Gasteiger partial charge in [0.2, 0.25) is 0 Å². The SMILES string of the molecule is O=C(NC1CCn2cncc2C1)c1ccc(F)cc1F. The van der Waals surface area contributed by atoms with Crippen LogP contribution in [0.5, 0.6) is 0 Å². The lowest BCUT2D eigenvalue weighted by atomic mass is 10.0. The normalized spacial score (nSPS) is 17.6. The highest BCUT2D eigenvalue weighted by atomic mass is 19.1. The molecule has 3 rings (SSSR count). The Morgan fingerprint density at radius 3 is 3.05 bits per heavy atom. The fraction of sp³-hybridized carbons (Fsp3) is 0.286. The van der Waals surface area contributed by atoms with E-state index >= 15 is 0 Å². The van der Waals surface area contributed by atoms with Gasteiger partial charge in [0.05, 0.1) is 11.9 Å². The Morgan fingerprint density at radius 2 is 2.25 bits per heavy atom. The van der Waals surface area contributed by atoms with Crippen molar-refractivity contribution in [2.24, 2.45) is 0 Å². The number of fused-ring (bicyclic) bond motifs is 1. The Kier molecular flexibility index (Phi) is 3.22. The van der Waals surface area contributed by atoms with E-state index in [1.165, 1.54) is 0 Å². The molecular formula is C14H13F2N3O. The van der Waals surface area contributed by atoms with Gasteiger partial charge in [-0.15, -0.1) is 0 Å². The zero-order valence-corrected chi connectivity index (χ0v) is 10.6. The van der Waals surface area contributed by atoms with E-state index in [0.29, 0.717) is 12.5 Å². The number of benzene rings is 1. The number of halogens is 2. The second-order valence-corrected chi connectivity index (χ2v) is 4.87. The van der Waals surface area contributed by atoms with E-state index in [4.69, 9.17) is 0 Å². The van der Waals surface area contributed by atoms with Gasteiger partial charge < -0.3 is 9.88 Å². The highest BCUT2D eigenvalue weighted by Crippen LogP contribution is 2.15. The average Bonchev–Trinajstić information content (AvgIpc) is 2.85. The quantitative estimate of drug-likeness (QED) is 0.911. The van der Waals surface area contributed by atoms with Crippen LogP contribution in [0.3, 0.4) is 0 Å². The number of hydrogen-bond acceptors (Lipinski definition) is 2. The summed E-state index contributed by atoms with van der Waals surface area (Å²) in [6.45, 7) is 0.770. The van der Waals surface area contributed by atoms with Gasteiger partial charge in [0.1, 0.15) is 11.6 Å². The molecule has 1 aromatic heterocycles. The molecule has 1 aliphatic rings. The van der Waals surface area contributed by atoms with Gasteiger partial charge in [-0.1, -0.05) is 0 Å². The fourth-order valence-corrected chi connectivity index (χ4v) is 2.43. The highest BCUT2D eigenvalue weighted by molar-refractivity contribution is 5.94. The Bertz CT molecular complexity index is 654. The molecule has 4 nitrogen and oxygen atoms in total. The van der Waals surface area contributed by atoms with Gasteiger partial charge in [0.25, 0.3) is 5.91 Å². The van der Waals surface area contributed by atoms with E-state index in [-0.39, 0.29) is 11.6 Å². The van der Waals surface area contributed by atoms with E-state index in [1.54, 1.807) is 12.5 Å². The molecule has 20 heavy (non-hydrogen) atoms. The summed E-state index contributed by atoms with van der Waals surface area (Å²) in [4.78, 5) is 16.0. The van der Waals surface area contributed by atoms with Crippen LogP contribution < -0.4 is 5.32 Å². The van der Waals surface area contributed by atoms with Crippen molar-refractivity contribution in [1.82, 2.24) is 14.9 Å². The molecule has 6 heteroatoms. The summed E-state index contributed by atoms with van der Waals surface area (Å²) in [5, 5.41) is 2.78. The number of amides is 1. The molecule has 0 radical (unpaired) electrons. The monoisotopic (exact) mass is 277 g/mol. The van der Waals surface area contributed by atoms with Crippen LogP contribution in [0, 0.1) is 11.6 Å². The Hall–Kier alpha value is -2.24. The third-order valence-electron chi connectivity index (χ3n) is 3.48. The van der Waals surface area contributed by atoms with Gasteiger partial charge in [-0.05, 0) is 18.6 Å². The Labute approximate surface area is 114 Å². The van der Waals surface area contributed by atoms with E-state index in [9.17, 15) is 13.6 Å². The number of nitrogens with zero attached hydrogens (tertiary/aromatic N) is 2. The molecule has 1 amide bonds. The molecule has 0 bridgehead atoms. The predicted molar refractivity (Wildman–Crippen MR) is 68.2 cm³/mol. The molecule has 104 valence electrons. The van der Waals surface area contributed by atoms with Crippen molar-refractivity contribution >= 4 is 5.91 Å². The molecule has 1 atom stereocenters. The van der Waals surface area contributed by atoms with Crippen LogP contribution in [0.2, 0.25) is 0 Å². The van der Waals surface area contributed by atoms with Crippen molar-refractivity contribution in [3.63, 3.8) is 0 Å². The van der Waals surface area contributed by atoms with Crippen molar-refractivity contribution in [2.45, 2.75) is 25.4 Å². The molecule has 0 spiro atoms. The van der Waals surface area contributed by atoms with Crippen molar-refractivity contribution < 1.29 is 13.6 Å². The first-order valence-corrected chi connectivity index (χ1v) is 6.38. The first-order chi connectivity index (χ1) is 9.63. The summed E-state index contributed by atoms with van der Waals surface area (Å²) in [6, 6.07) is 2.89. The van der Waals surface area contributed by atoms with E-state index < -0.39 is 17.5 Å². The molecule has 0 fully saturated rings. The number of rotatable bonds is 2. The molecule has 2 aromatic rings. The number of aromatic nitrogens is 2. The van der Waals surface area contributed by atoms with E-state index in [2.05, 4.69) is 10.3 Å². The van der Waals surface area contributed by atoms with Crippen LogP contribution in [-0.4, -0.2) is 21.5 Å². The average molecular weight is 277 g/mol. The lowest BCUT2D eigenvalue weighted by molar-refractivity contribution is 0.0926. The molecule has 1 aliphatic heterocycles. The number of hydrogen-bond donors (Lipinski definition) is 1. The van der Waals surface area contributed by atoms with Gasteiger partial charge >= 0.3 is 0 Å². The molecule has 0 saturated carbocycles. The fourth-order valence-electron chi connectivity index (χ4n) is 2.43. The zero-order chi connectivity index (χ0) is 14.1. The summed E-state index contributed by atoms with van der Waals surface area (Å²) < 4.78 is 28.4. The minimum Gasteiger partial charge on any atom is -0.349 e. The van der Waals surface area contributed by atoms with Crippen LogP contribution in [0.15, 0.2) is 30.7 Å². The summed E-state index contributed by atoms with van der Waals surface area (Å²) in [6.07, 6.45) is 4.94. The third kappa shape index (κ3) is 2.41. The van der Waals surface area contributed by atoms with Crippen LogP contribution in [0.25, 0.3) is 0 Å². The number of imidazole rings is 1. The Balaban J connectivity index is 1.71. The second-order valence-electron chi connectivity index (χ2n) is 4.87. The van der Waals surface area contributed by atoms with E-state index in [0.717, 1.165) is 30.8 Å². The molecule has 2 heterocycles. The smallest absolute Gasteiger partial charge is 0.254 e. The minimum absolute atomic E-state index is 0.0591. The number of carbonyl (C=O) groups is 1. The molecular weight excluding hydrogens is 264 g/mol. The summed E-state index contributed by atoms with van der Waals surface area (Å²) >= 11 is 0. The minimum atomic E-state index is -0.844. The molecule has 0 aliphatic carbocycles. The lowest BCUT2D eigenvalue weighted by Gasteiger charge is -2.24. The van der Waals surface area contributed by atoms with Gasteiger partial charge in [-0.2, -0.15) is 0 Å². The first kappa shape index (κ1) is 12.8. The summed E-state index contributed by atoms with van der Waals surface area (Å²) in [5.41, 5.74) is 0.909. The second kappa shape index (κ2) is 5.03. The predicted octanol–water partition coefficient (Wildman–Crippen LogP) is 1.91. The molecule has 0 saturated heterocycles. The van der Waals surface area contributed by atoms with Crippen molar-refractivity contribution in [3.05, 3.63) is 53.6 Å². The number of carbonyl (C=O) groups excluding carboxylic acids is 1. The maximum absolute atomic E-state index is 13.5. The van der Waals surface area contributed by atoms with Crippen LogP contribution >= 0.6 is 0 Å². The van der Waals surface area contributed by atoms with E-state index in [1.807, 2.05) is 4.57 Å². The summed E-state index contributed by atoms with van der Waals surface area (Å²) in [7, 11) is 0. The summed E-state index contributed by atoms with van der Waals surface area (Å²) in [5.74, 6) is -2.05. The maximum Gasteiger partial charge on any atom is 0.254 e. The standard InChI is InChI=1S/C14H13F2N3O/c15-9-1-2-12(13(16)5-9)14(20)18-10-3-4-19-8-17-7-11(19)6-10/h1-2,5,7-8,10H,3-4,6H2,(H,18,20). The Morgan fingerprint density at radius 1 is 1.40 bits per heavy atom. The zero-order valence-electron chi connectivity index (χ0n) is 10.6. The topological polar surface area (TPSA) is 46.9 Å².